The molecule has 0 saturated carbocycles. The van der Waals surface area contributed by atoms with Crippen molar-refractivity contribution < 1.29 is 33.2 Å². The van der Waals surface area contributed by atoms with Crippen molar-refractivity contribution in [3.63, 3.8) is 0 Å². The van der Waals surface area contributed by atoms with Gasteiger partial charge in [0.15, 0.2) is 5.60 Å². The topological polar surface area (TPSA) is 91.3 Å². The summed E-state index contributed by atoms with van der Waals surface area (Å²) in [4.78, 5) is 24.4. The number of esters is 1. The van der Waals surface area contributed by atoms with Gasteiger partial charge in [0.2, 0.25) is 0 Å². The molecule has 0 fully saturated rings. The van der Waals surface area contributed by atoms with Gasteiger partial charge in [-0.05, 0) is 42.5 Å². The molecule has 30 heavy (non-hydrogen) atoms. The zero-order chi connectivity index (χ0) is 21.0. The minimum atomic E-state index is -1.36. The zero-order valence-corrected chi connectivity index (χ0v) is 17.6. The molecule has 7 nitrogen and oxygen atoms in total. The molecule has 2 heterocycles. The fourth-order valence-electron chi connectivity index (χ4n) is 3.96. The maximum absolute atomic E-state index is 12.8. The summed E-state index contributed by atoms with van der Waals surface area (Å²) in [5.41, 5.74) is 0.564. The van der Waals surface area contributed by atoms with Gasteiger partial charge in [-0.3, -0.25) is 0 Å². The van der Waals surface area contributed by atoms with E-state index in [9.17, 15) is 14.7 Å². The lowest BCUT2D eigenvalue weighted by Gasteiger charge is -2.36. The molecule has 1 spiro atoms. The lowest BCUT2D eigenvalue weighted by molar-refractivity contribution is 0.0224. The van der Waals surface area contributed by atoms with Gasteiger partial charge >= 0.3 is 11.9 Å². The smallest absolute Gasteiger partial charge is 0.340 e. The number of carbonyl (C=O) groups excluding carboxylic acids is 1. The fraction of sp³-hybridized carbons (Fsp3) is 0.0476. The van der Waals surface area contributed by atoms with E-state index in [0.29, 0.717) is 45.3 Å². The number of aromatic carboxylic acids is 1. The maximum Gasteiger partial charge on any atom is 0.340 e. The van der Waals surface area contributed by atoms with Crippen molar-refractivity contribution >= 4 is 30.9 Å². The first-order chi connectivity index (χ1) is 14.5. The summed E-state index contributed by atoms with van der Waals surface area (Å²) in [6.45, 7) is 0. The summed E-state index contributed by atoms with van der Waals surface area (Å²) in [5, 5.41) is 9.51. The first-order valence-electron chi connectivity index (χ1n) is 8.79. The molecule has 9 heteroatoms. The Balaban J connectivity index is 1.86. The Morgan fingerprint density at radius 1 is 0.867 bits per heavy atom. The van der Waals surface area contributed by atoms with Crippen molar-refractivity contribution in [2.45, 2.75) is 5.60 Å². The lowest BCUT2D eigenvalue weighted by Crippen LogP contribution is -2.33. The molecule has 150 valence electrons. The minimum Gasteiger partial charge on any atom is -0.480 e. The Morgan fingerprint density at radius 2 is 1.47 bits per heavy atom. The summed E-state index contributed by atoms with van der Waals surface area (Å²) in [5.74, 6) is 0.255. The van der Waals surface area contributed by atoms with Crippen LogP contribution >= 0.6 is 18.9 Å². The van der Waals surface area contributed by atoms with E-state index < -0.39 is 17.5 Å². The van der Waals surface area contributed by atoms with Crippen molar-refractivity contribution in [2.75, 3.05) is 0 Å². The predicted molar refractivity (Wildman–Crippen MR) is 112 cm³/mol. The molecule has 3 aromatic carbocycles. The quantitative estimate of drug-likeness (QED) is 0.480. The van der Waals surface area contributed by atoms with Crippen LogP contribution in [0.1, 0.15) is 37.4 Å². The Kier molecular flexibility index (Phi) is 4.21. The van der Waals surface area contributed by atoms with Crippen molar-refractivity contribution in [1.82, 2.24) is 0 Å². The summed E-state index contributed by atoms with van der Waals surface area (Å²) < 4.78 is 22.5. The van der Waals surface area contributed by atoms with Crippen molar-refractivity contribution in [3.8, 4) is 23.0 Å². The second kappa shape index (κ2) is 6.69. The van der Waals surface area contributed by atoms with Crippen LogP contribution < -0.4 is 13.8 Å². The maximum atomic E-state index is 12.8. The van der Waals surface area contributed by atoms with Gasteiger partial charge < -0.3 is 23.6 Å². The van der Waals surface area contributed by atoms with Crippen LogP contribution in [0.2, 0.25) is 0 Å². The van der Waals surface area contributed by atoms with Gasteiger partial charge in [-0.2, -0.15) is 0 Å². The van der Waals surface area contributed by atoms with Crippen LogP contribution in [0, 0.1) is 0 Å². The highest BCUT2D eigenvalue weighted by molar-refractivity contribution is 7.10. The highest BCUT2D eigenvalue weighted by atomic mass is 31.0. The van der Waals surface area contributed by atoms with Crippen LogP contribution in [0.3, 0.4) is 0 Å². The van der Waals surface area contributed by atoms with Crippen LogP contribution in [0.15, 0.2) is 54.6 Å². The van der Waals surface area contributed by atoms with Crippen LogP contribution in [-0.2, 0) is 10.3 Å². The number of carboxylic acids is 1. The Hall–Kier alpha value is -3.14. The van der Waals surface area contributed by atoms with Gasteiger partial charge in [-0.15, -0.1) is 0 Å². The number of fused-ring (bicyclic) bond motifs is 6. The normalized spacial score (nSPS) is 14.8. The van der Waals surface area contributed by atoms with Gasteiger partial charge in [-0.1, -0.05) is 0 Å². The summed E-state index contributed by atoms with van der Waals surface area (Å²) in [7, 11) is 4.33. The molecular formula is C21H14O7P2. The number of benzene rings is 3. The summed E-state index contributed by atoms with van der Waals surface area (Å²) in [6.07, 6.45) is 0. The second-order valence-corrected chi connectivity index (χ2v) is 7.26. The van der Waals surface area contributed by atoms with E-state index in [2.05, 4.69) is 18.9 Å². The molecule has 5 rings (SSSR count). The number of hydrogen-bond acceptors (Lipinski definition) is 6. The zero-order valence-electron chi connectivity index (χ0n) is 15.2. The molecular weight excluding hydrogens is 426 g/mol. The van der Waals surface area contributed by atoms with Crippen LogP contribution in [0.25, 0.3) is 0 Å². The molecule has 0 saturated heterocycles. The molecule has 2 aliphatic rings. The monoisotopic (exact) mass is 440 g/mol. The van der Waals surface area contributed by atoms with E-state index in [-0.39, 0.29) is 5.56 Å². The van der Waals surface area contributed by atoms with E-state index in [1.807, 2.05) is 0 Å². The van der Waals surface area contributed by atoms with E-state index >= 15 is 0 Å². The first-order valence-corrected chi connectivity index (χ1v) is 9.73. The van der Waals surface area contributed by atoms with Gasteiger partial charge in [0.25, 0.3) is 0 Å². The standard InChI is InChI=1S/C21H14O7P2/c22-19(23)10-1-4-13-16(7-10)21(26-20(13)24)14-5-2-11(27-29)8-17(14)25-18-9-12(28-30)3-6-15(18)21/h1-9H,29-30H2,(H,22,23). The van der Waals surface area contributed by atoms with Crippen LogP contribution in [-0.4, -0.2) is 17.0 Å². The minimum absolute atomic E-state index is 0.0517. The van der Waals surface area contributed by atoms with Gasteiger partial charge in [0, 0.05) is 28.8 Å². The molecule has 2 aliphatic heterocycles. The van der Waals surface area contributed by atoms with Crippen LogP contribution in [0.4, 0.5) is 0 Å². The van der Waals surface area contributed by atoms with Crippen molar-refractivity contribution in [1.29, 1.82) is 0 Å². The molecule has 0 aliphatic carbocycles. The number of carbonyl (C=O) groups is 2. The third-order valence-electron chi connectivity index (χ3n) is 5.27. The number of hydrogen-bond donors (Lipinski definition) is 1. The second-order valence-electron chi connectivity index (χ2n) is 6.79. The fourth-order valence-corrected chi connectivity index (χ4v) is 4.25. The van der Waals surface area contributed by atoms with Gasteiger partial charge in [-0.25, -0.2) is 9.59 Å². The summed E-state index contributed by atoms with van der Waals surface area (Å²) >= 11 is 0. The Morgan fingerprint density at radius 3 is 2.00 bits per heavy atom. The molecule has 1 N–H and O–H groups in total. The average Bonchev–Trinajstić information content (AvgIpc) is 3.05. The average molecular weight is 440 g/mol. The van der Waals surface area contributed by atoms with Crippen molar-refractivity contribution in [3.05, 3.63) is 82.4 Å². The van der Waals surface area contributed by atoms with E-state index in [0.717, 1.165) is 0 Å². The Labute approximate surface area is 175 Å². The molecule has 0 amide bonds. The molecule has 2 atom stereocenters. The van der Waals surface area contributed by atoms with E-state index in [1.165, 1.54) is 18.2 Å². The molecule has 0 aromatic heterocycles. The van der Waals surface area contributed by atoms with E-state index in [1.54, 1.807) is 36.4 Å². The number of carboxylic acid groups (broad SMARTS) is 1. The third-order valence-corrected chi connectivity index (χ3v) is 5.81. The molecule has 0 radical (unpaired) electrons. The predicted octanol–water partition coefficient (Wildman–Crippen LogP) is 4.29. The van der Waals surface area contributed by atoms with Gasteiger partial charge in [0.1, 0.15) is 23.0 Å². The van der Waals surface area contributed by atoms with Crippen molar-refractivity contribution in [2.24, 2.45) is 0 Å². The highest BCUT2D eigenvalue weighted by Gasteiger charge is 2.53. The van der Waals surface area contributed by atoms with Crippen LogP contribution in [0.5, 0.6) is 23.0 Å². The SMILES string of the molecule is O=C(O)c1ccc2c(c1)C1(OC2=O)c2ccc(OP)cc2Oc2cc(OP)ccc21. The number of ether oxygens (including phenoxy) is 2. The largest absolute Gasteiger partial charge is 0.480 e. The molecule has 3 aromatic rings. The molecule has 0 bridgehead atoms. The molecule has 2 unspecified atom stereocenters. The first kappa shape index (κ1) is 18.9. The third kappa shape index (κ3) is 2.53. The Bertz CT molecular complexity index is 1180. The number of rotatable bonds is 3. The summed E-state index contributed by atoms with van der Waals surface area (Å²) in [6, 6.07) is 14.6. The van der Waals surface area contributed by atoms with E-state index in [4.69, 9.17) is 18.5 Å². The lowest BCUT2D eigenvalue weighted by atomic mass is 9.77. The van der Waals surface area contributed by atoms with Gasteiger partial charge in [0.05, 0.1) is 30.1 Å². The highest BCUT2D eigenvalue weighted by Crippen LogP contribution is 2.57.